The SMILES string of the molecule is CS(=O)(=O)N[C@@H]1[C@H](Cc2cccc(-c3cccc(Cl)c3F)c2F)N(C(=O)C2CC2)CC1(F)F. The van der Waals surface area contributed by atoms with Gasteiger partial charge in [-0.2, -0.15) is 0 Å². The zero-order valence-electron chi connectivity index (χ0n) is 17.5. The third-order valence-electron chi connectivity index (χ3n) is 5.92. The van der Waals surface area contributed by atoms with Crippen molar-refractivity contribution in [2.24, 2.45) is 5.92 Å². The minimum absolute atomic E-state index is 0.0523. The van der Waals surface area contributed by atoms with Crippen LogP contribution in [0.4, 0.5) is 17.6 Å². The van der Waals surface area contributed by atoms with E-state index in [1.807, 2.05) is 4.72 Å². The Morgan fingerprint density at radius 1 is 1.12 bits per heavy atom. The van der Waals surface area contributed by atoms with E-state index in [9.17, 15) is 26.4 Å². The van der Waals surface area contributed by atoms with Crippen LogP contribution in [0.15, 0.2) is 36.4 Å². The Kier molecular flexibility index (Phi) is 6.22. The minimum Gasteiger partial charge on any atom is -0.331 e. The monoisotopic (exact) mass is 504 g/mol. The van der Waals surface area contributed by atoms with E-state index < -0.39 is 58.0 Å². The number of hydrogen-bond acceptors (Lipinski definition) is 3. The Labute approximate surface area is 193 Å². The molecule has 0 radical (unpaired) electrons. The summed E-state index contributed by atoms with van der Waals surface area (Å²) in [7, 11) is -4.06. The molecule has 1 N–H and O–H groups in total. The topological polar surface area (TPSA) is 66.5 Å². The van der Waals surface area contributed by atoms with Gasteiger partial charge in [0.25, 0.3) is 5.92 Å². The van der Waals surface area contributed by atoms with Crippen LogP contribution in [-0.4, -0.2) is 50.0 Å². The second-order valence-electron chi connectivity index (χ2n) is 8.52. The fourth-order valence-electron chi connectivity index (χ4n) is 4.22. The van der Waals surface area contributed by atoms with Crippen LogP contribution in [0.2, 0.25) is 5.02 Å². The Morgan fingerprint density at radius 3 is 2.33 bits per heavy atom. The van der Waals surface area contributed by atoms with Crippen molar-refractivity contribution in [1.29, 1.82) is 0 Å². The first kappa shape index (κ1) is 24.0. The van der Waals surface area contributed by atoms with Crippen LogP contribution in [0, 0.1) is 17.6 Å². The highest BCUT2D eigenvalue weighted by Gasteiger charge is 2.58. The van der Waals surface area contributed by atoms with E-state index in [1.54, 1.807) is 0 Å². The van der Waals surface area contributed by atoms with Crippen LogP contribution in [0.1, 0.15) is 18.4 Å². The van der Waals surface area contributed by atoms with Crippen LogP contribution in [0.25, 0.3) is 11.1 Å². The molecule has 11 heteroatoms. The first-order valence-corrected chi connectivity index (χ1v) is 12.5. The highest BCUT2D eigenvalue weighted by Crippen LogP contribution is 2.40. The Morgan fingerprint density at radius 2 is 1.73 bits per heavy atom. The van der Waals surface area contributed by atoms with Crippen LogP contribution in [0.3, 0.4) is 0 Å². The van der Waals surface area contributed by atoms with Crippen LogP contribution >= 0.6 is 11.6 Å². The molecule has 178 valence electrons. The normalized spacial score (nSPS) is 22.5. The van der Waals surface area contributed by atoms with Gasteiger partial charge in [0.05, 0.1) is 23.9 Å². The number of alkyl halides is 2. The summed E-state index contributed by atoms with van der Waals surface area (Å²) in [5.41, 5.74) is -0.274. The summed E-state index contributed by atoms with van der Waals surface area (Å²) >= 11 is 5.80. The standard InChI is InChI=1S/C22H21ClF4N2O3S/c1-33(31,32)28-20-17(29(11-22(20,26)27)21(30)12-8-9-12)10-13-4-2-5-14(18(13)24)15-6-3-7-16(23)19(15)25/h2-7,12,17,20,28H,8-11H2,1H3/t17-,20+/m0/s1. The number of hydrogen-bond donors (Lipinski definition) is 1. The molecule has 0 unspecified atom stereocenters. The molecule has 5 nitrogen and oxygen atoms in total. The molecule has 2 aliphatic rings. The molecule has 0 bridgehead atoms. The number of likely N-dealkylation sites (tertiary alicyclic amines) is 1. The number of sulfonamides is 1. The number of halogens is 5. The molecule has 1 saturated carbocycles. The Bertz CT molecular complexity index is 1200. The second-order valence-corrected chi connectivity index (χ2v) is 10.7. The van der Waals surface area contributed by atoms with Crippen molar-refractivity contribution in [2.75, 3.05) is 12.8 Å². The van der Waals surface area contributed by atoms with E-state index in [0.29, 0.717) is 12.8 Å². The van der Waals surface area contributed by atoms with Crippen LogP contribution in [0.5, 0.6) is 0 Å². The number of carbonyl (C=O) groups is 1. The molecule has 2 fully saturated rings. The largest absolute Gasteiger partial charge is 0.331 e. The maximum Gasteiger partial charge on any atom is 0.283 e. The summed E-state index contributed by atoms with van der Waals surface area (Å²) in [6.07, 6.45) is 1.49. The van der Waals surface area contributed by atoms with Crippen molar-refractivity contribution in [2.45, 2.75) is 37.3 Å². The molecular weight excluding hydrogens is 484 g/mol. The lowest BCUT2D eigenvalue weighted by molar-refractivity contribution is -0.134. The maximum absolute atomic E-state index is 15.4. The lowest BCUT2D eigenvalue weighted by atomic mass is 9.95. The molecule has 2 aromatic carbocycles. The number of nitrogens with one attached hydrogen (secondary N) is 1. The minimum atomic E-state index is -4.06. The molecule has 0 spiro atoms. The van der Waals surface area contributed by atoms with Gasteiger partial charge in [-0.1, -0.05) is 41.9 Å². The second kappa shape index (κ2) is 8.56. The van der Waals surface area contributed by atoms with E-state index in [0.717, 1.165) is 11.2 Å². The number of carbonyl (C=O) groups excluding carboxylic acids is 1. The average molecular weight is 505 g/mol. The molecule has 1 saturated heterocycles. The summed E-state index contributed by atoms with van der Waals surface area (Å²) in [5.74, 6) is -6.13. The molecule has 1 heterocycles. The van der Waals surface area contributed by atoms with Crippen LogP contribution in [-0.2, 0) is 21.2 Å². The van der Waals surface area contributed by atoms with E-state index in [1.165, 1.54) is 36.4 Å². The molecule has 1 aliphatic heterocycles. The van der Waals surface area contributed by atoms with Gasteiger partial charge >= 0.3 is 0 Å². The predicted octanol–water partition coefficient (Wildman–Crippen LogP) is 4.00. The summed E-state index contributed by atoms with van der Waals surface area (Å²) in [6, 6.07) is 4.96. The predicted molar refractivity (Wildman–Crippen MR) is 115 cm³/mol. The van der Waals surface area contributed by atoms with Crippen molar-refractivity contribution in [3.05, 3.63) is 58.6 Å². The first-order valence-electron chi connectivity index (χ1n) is 10.3. The average Bonchev–Trinajstić information content (AvgIpc) is 3.53. The fraction of sp³-hybridized carbons (Fsp3) is 0.409. The van der Waals surface area contributed by atoms with Gasteiger partial charge in [-0.05, 0) is 30.9 Å². The number of benzene rings is 2. The van der Waals surface area contributed by atoms with Crippen molar-refractivity contribution < 1.29 is 30.8 Å². The Balaban J connectivity index is 1.74. The zero-order chi connectivity index (χ0) is 24.1. The van der Waals surface area contributed by atoms with Gasteiger partial charge in [-0.15, -0.1) is 0 Å². The van der Waals surface area contributed by atoms with Gasteiger partial charge in [0.15, 0.2) is 0 Å². The lowest BCUT2D eigenvalue weighted by Gasteiger charge is -2.28. The fourth-order valence-corrected chi connectivity index (χ4v) is 5.18. The molecule has 33 heavy (non-hydrogen) atoms. The molecule has 1 amide bonds. The van der Waals surface area contributed by atoms with Gasteiger partial charge < -0.3 is 4.90 Å². The summed E-state index contributed by atoms with van der Waals surface area (Å²) < 4.78 is 85.2. The Hall–Kier alpha value is -2.17. The van der Waals surface area contributed by atoms with E-state index in [-0.39, 0.29) is 28.1 Å². The van der Waals surface area contributed by atoms with Crippen molar-refractivity contribution >= 4 is 27.5 Å². The van der Waals surface area contributed by atoms with Crippen molar-refractivity contribution in [1.82, 2.24) is 9.62 Å². The van der Waals surface area contributed by atoms with E-state index in [2.05, 4.69) is 0 Å². The quantitative estimate of drug-likeness (QED) is 0.605. The number of nitrogens with zero attached hydrogens (tertiary/aromatic N) is 1. The van der Waals surface area contributed by atoms with Gasteiger partial charge in [-0.25, -0.2) is 30.7 Å². The third kappa shape index (κ3) is 4.88. The van der Waals surface area contributed by atoms with Gasteiger partial charge in [-0.3, -0.25) is 4.79 Å². The lowest BCUT2D eigenvalue weighted by Crippen LogP contribution is -2.52. The smallest absolute Gasteiger partial charge is 0.283 e. The zero-order valence-corrected chi connectivity index (χ0v) is 19.1. The highest BCUT2D eigenvalue weighted by atomic mass is 35.5. The highest BCUT2D eigenvalue weighted by molar-refractivity contribution is 7.88. The van der Waals surface area contributed by atoms with Gasteiger partial charge in [0.1, 0.15) is 17.7 Å². The van der Waals surface area contributed by atoms with Crippen molar-refractivity contribution in [3.63, 3.8) is 0 Å². The van der Waals surface area contributed by atoms with Gasteiger partial charge in [0, 0.05) is 17.0 Å². The number of rotatable bonds is 6. The third-order valence-corrected chi connectivity index (χ3v) is 6.90. The summed E-state index contributed by atoms with van der Waals surface area (Å²) in [5, 5.41) is -0.202. The first-order chi connectivity index (χ1) is 15.4. The molecule has 2 atom stereocenters. The van der Waals surface area contributed by atoms with E-state index >= 15 is 4.39 Å². The summed E-state index contributed by atoms with van der Waals surface area (Å²) in [6.45, 7) is -0.968. The van der Waals surface area contributed by atoms with Crippen molar-refractivity contribution in [3.8, 4) is 11.1 Å². The molecule has 1 aliphatic carbocycles. The number of amides is 1. The molecular formula is C22H21ClF4N2O3S. The maximum atomic E-state index is 15.4. The molecule has 4 rings (SSSR count). The molecule has 2 aromatic rings. The van der Waals surface area contributed by atoms with E-state index in [4.69, 9.17) is 11.6 Å². The molecule has 0 aromatic heterocycles. The van der Waals surface area contributed by atoms with Crippen LogP contribution < -0.4 is 4.72 Å². The summed E-state index contributed by atoms with van der Waals surface area (Å²) in [4.78, 5) is 13.7. The van der Waals surface area contributed by atoms with Gasteiger partial charge in [0.2, 0.25) is 15.9 Å².